The van der Waals surface area contributed by atoms with Gasteiger partial charge in [0.25, 0.3) is 5.91 Å². The number of hydrogen-bond donors (Lipinski definition) is 1. The highest BCUT2D eigenvalue weighted by molar-refractivity contribution is 6.04. The van der Waals surface area contributed by atoms with Crippen LogP contribution in [0.5, 0.6) is 5.75 Å². The van der Waals surface area contributed by atoms with Crippen LogP contribution in [0.4, 0.5) is 5.82 Å². The first kappa shape index (κ1) is 25.6. The number of hydrogen-bond acceptors (Lipinski definition) is 8. The summed E-state index contributed by atoms with van der Waals surface area (Å²) >= 11 is 0. The minimum atomic E-state index is -1.25. The Morgan fingerprint density at radius 1 is 1.03 bits per heavy atom. The van der Waals surface area contributed by atoms with Gasteiger partial charge in [0.15, 0.2) is 5.60 Å². The SMILES string of the molecule is NC(=O)C1(OC(=O)c2ccnc3ccccc23)CCC(CCN2CCN(c3nccc4c3CCO4)CC2)CC1. The van der Waals surface area contributed by atoms with Gasteiger partial charge < -0.3 is 20.1 Å². The van der Waals surface area contributed by atoms with E-state index in [9.17, 15) is 9.59 Å². The van der Waals surface area contributed by atoms with Crippen LogP contribution in [0.2, 0.25) is 0 Å². The average Bonchev–Trinajstić information content (AvgIpc) is 3.46. The van der Waals surface area contributed by atoms with Crippen LogP contribution in [0.15, 0.2) is 48.8 Å². The molecule has 0 radical (unpaired) electrons. The third-order valence-electron chi connectivity index (χ3n) is 8.64. The number of nitrogens with zero attached hydrogens (tertiary/aromatic N) is 4. The van der Waals surface area contributed by atoms with Crippen molar-refractivity contribution in [3.8, 4) is 5.75 Å². The van der Waals surface area contributed by atoms with Crippen LogP contribution in [-0.4, -0.2) is 71.7 Å². The van der Waals surface area contributed by atoms with Crippen LogP contribution >= 0.6 is 0 Å². The molecule has 0 atom stereocenters. The number of piperazine rings is 1. The number of pyridine rings is 2. The lowest BCUT2D eigenvalue weighted by molar-refractivity contribution is -0.141. The fourth-order valence-corrected chi connectivity index (χ4v) is 6.26. The molecule has 3 aliphatic rings. The molecule has 2 N–H and O–H groups in total. The van der Waals surface area contributed by atoms with Crippen molar-refractivity contribution < 1.29 is 19.1 Å². The predicted octanol–water partition coefficient (Wildman–Crippen LogP) is 3.35. The third kappa shape index (κ3) is 5.15. The maximum Gasteiger partial charge on any atom is 0.339 e. The van der Waals surface area contributed by atoms with E-state index < -0.39 is 17.5 Å². The molecule has 0 bridgehead atoms. The molecule has 0 unspecified atom stereocenters. The number of primary amides is 1. The van der Waals surface area contributed by atoms with E-state index in [2.05, 4.69) is 19.8 Å². The number of anilines is 1. The number of para-hydroxylation sites is 1. The number of carbonyl (C=O) groups is 2. The Balaban J connectivity index is 1.01. The number of aromatic nitrogens is 2. The molecule has 9 nitrogen and oxygen atoms in total. The van der Waals surface area contributed by atoms with E-state index in [1.165, 1.54) is 5.56 Å². The maximum atomic E-state index is 13.2. The number of carbonyl (C=O) groups excluding carboxylic acids is 2. The molecule has 0 spiro atoms. The van der Waals surface area contributed by atoms with Gasteiger partial charge >= 0.3 is 5.97 Å². The monoisotopic (exact) mass is 529 g/mol. The van der Waals surface area contributed by atoms with E-state index in [-0.39, 0.29) is 0 Å². The highest BCUT2D eigenvalue weighted by atomic mass is 16.6. The molecule has 2 aliphatic heterocycles. The molecule has 3 aromatic rings. The lowest BCUT2D eigenvalue weighted by Gasteiger charge is -2.39. The number of rotatable bonds is 7. The summed E-state index contributed by atoms with van der Waals surface area (Å²) in [5, 5.41) is 0.708. The van der Waals surface area contributed by atoms with Crippen molar-refractivity contribution in [1.29, 1.82) is 0 Å². The number of amides is 1. The fraction of sp³-hybridized carbons (Fsp3) is 0.467. The first-order chi connectivity index (χ1) is 19.0. The second-order valence-corrected chi connectivity index (χ2v) is 10.9. The smallest absolute Gasteiger partial charge is 0.339 e. The zero-order valence-electron chi connectivity index (χ0n) is 22.2. The van der Waals surface area contributed by atoms with E-state index in [0.717, 1.165) is 76.6 Å². The number of benzene rings is 1. The molecule has 2 fully saturated rings. The summed E-state index contributed by atoms with van der Waals surface area (Å²) < 4.78 is 11.6. The van der Waals surface area contributed by atoms with Crippen LogP contribution in [-0.2, 0) is 16.0 Å². The van der Waals surface area contributed by atoms with Crippen LogP contribution < -0.4 is 15.4 Å². The van der Waals surface area contributed by atoms with Crippen LogP contribution in [0.25, 0.3) is 10.9 Å². The lowest BCUT2D eigenvalue weighted by Crippen LogP contribution is -2.50. The van der Waals surface area contributed by atoms with Gasteiger partial charge in [-0.2, -0.15) is 0 Å². The third-order valence-corrected chi connectivity index (χ3v) is 8.64. The molecule has 1 saturated heterocycles. The van der Waals surface area contributed by atoms with E-state index >= 15 is 0 Å². The average molecular weight is 530 g/mol. The summed E-state index contributed by atoms with van der Waals surface area (Å²) in [6, 6.07) is 11.0. The Bertz CT molecular complexity index is 1360. The fourth-order valence-electron chi connectivity index (χ4n) is 6.26. The number of fused-ring (bicyclic) bond motifs is 2. The van der Waals surface area contributed by atoms with Gasteiger partial charge in [0.1, 0.15) is 11.6 Å². The van der Waals surface area contributed by atoms with Gasteiger partial charge in [0.05, 0.1) is 17.7 Å². The number of esters is 1. The Labute approximate surface area is 228 Å². The van der Waals surface area contributed by atoms with Crippen LogP contribution in [0.3, 0.4) is 0 Å². The van der Waals surface area contributed by atoms with Crippen molar-refractivity contribution in [2.75, 3.05) is 44.2 Å². The zero-order chi connectivity index (χ0) is 26.8. The highest BCUT2D eigenvalue weighted by Crippen LogP contribution is 2.38. The molecule has 4 heterocycles. The van der Waals surface area contributed by atoms with Gasteiger partial charge in [-0.3, -0.25) is 14.7 Å². The predicted molar refractivity (Wildman–Crippen MR) is 148 cm³/mol. The van der Waals surface area contributed by atoms with Gasteiger partial charge in [-0.15, -0.1) is 0 Å². The molecule has 1 aliphatic carbocycles. The lowest BCUT2D eigenvalue weighted by atomic mass is 9.77. The summed E-state index contributed by atoms with van der Waals surface area (Å²) in [6.07, 6.45) is 7.97. The minimum Gasteiger partial charge on any atom is -0.493 e. The summed E-state index contributed by atoms with van der Waals surface area (Å²) in [6.45, 7) is 5.68. The number of nitrogens with two attached hydrogens (primary N) is 1. The van der Waals surface area contributed by atoms with Crippen molar-refractivity contribution in [3.05, 3.63) is 59.9 Å². The molecule has 6 rings (SSSR count). The van der Waals surface area contributed by atoms with E-state index in [1.54, 1.807) is 12.3 Å². The van der Waals surface area contributed by atoms with Gasteiger partial charge in [0, 0.05) is 55.9 Å². The zero-order valence-corrected chi connectivity index (χ0v) is 22.2. The van der Waals surface area contributed by atoms with Crippen LogP contribution in [0, 0.1) is 5.92 Å². The molecule has 9 heteroatoms. The highest BCUT2D eigenvalue weighted by Gasteiger charge is 2.44. The quantitative estimate of drug-likeness (QED) is 0.464. The van der Waals surface area contributed by atoms with Crippen LogP contribution in [0.1, 0.15) is 48.0 Å². The maximum absolute atomic E-state index is 13.2. The summed E-state index contributed by atoms with van der Waals surface area (Å²) in [5.74, 6) is 1.46. The Hall–Kier alpha value is -3.72. The van der Waals surface area contributed by atoms with Crippen molar-refractivity contribution in [1.82, 2.24) is 14.9 Å². The largest absolute Gasteiger partial charge is 0.493 e. The van der Waals surface area contributed by atoms with Crippen molar-refractivity contribution in [2.45, 2.75) is 44.1 Å². The second-order valence-electron chi connectivity index (χ2n) is 10.9. The van der Waals surface area contributed by atoms with Gasteiger partial charge in [-0.25, -0.2) is 9.78 Å². The Morgan fingerprint density at radius 3 is 2.59 bits per heavy atom. The summed E-state index contributed by atoms with van der Waals surface area (Å²) in [4.78, 5) is 39.6. The molecule has 1 aromatic carbocycles. The number of ether oxygens (including phenoxy) is 2. The molecule has 39 heavy (non-hydrogen) atoms. The van der Waals surface area contributed by atoms with E-state index in [4.69, 9.17) is 15.2 Å². The molecule has 2 aromatic heterocycles. The summed E-state index contributed by atoms with van der Waals surface area (Å²) in [7, 11) is 0. The first-order valence-electron chi connectivity index (χ1n) is 14.0. The summed E-state index contributed by atoms with van der Waals surface area (Å²) in [5.41, 5.74) is 6.92. The van der Waals surface area contributed by atoms with Crippen molar-refractivity contribution in [2.24, 2.45) is 11.7 Å². The van der Waals surface area contributed by atoms with Crippen molar-refractivity contribution >= 4 is 28.6 Å². The first-order valence-corrected chi connectivity index (χ1v) is 14.0. The molecule has 1 saturated carbocycles. The molecule has 1 amide bonds. The van der Waals surface area contributed by atoms with E-state index in [1.807, 2.05) is 36.5 Å². The molecular weight excluding hydrogens is 494 g/mol. The van der Waals surface area contributed by atoms with Gasteiger partial charge in [-0.05, 0) is 62.8 Å². The van der Waals surface area contributed by atoms with Gasteiger partial charge in [0.2, 0.25) is 0 Å². The minimum absolute atomic E-state index is 0.408. The van der Waals surface area contributed by atoms with Gasteiger partial charge in [-0.1, -0.05) is 18.2 Å². The molecular formula is C30H35N5O4. The van der Waals surface area contributed by atoms with E-state index in [0.29, 0.717) is 35.2 Å². The Kier molecular flexibility index (Phi) is 7.08. The normalized spacial score (nSPS) is 23.3. The Morgan fingerprint density at radius 2 is 1.79 bits per heavy atom. The standard InChI is InChI=1S/C30H35N5O4/c31-29(37)30(39-28(36)23-7-13-32-25-4-2-1-3-22(23)25)11-5-21(6-12-30)9-15-34-16-18-35(19-17-34)27-24-10-20-38-26(24)8-14-33-27/h1-4,7-8,13-14,21H,5-6,9-12,15-20H2,(H2,31,37). The second kappa shape index (κ2) is 10.8. The molecule has 204 valence electrons. The van der Waals surface area contributed by atoms with Crippen molar-refractivity contribution in [3.63, 3.8) is 0 Å². The topological polar surface area (TPSA) is 111 Å².